The summed E-state index contributed by atoms with van der Waals surface area (Å²) in [6, 6.07) is 12.1. The van der Waals surface area contributed by atoms with Gasteiger partial charge in [-0.05, 0) is 56.9 Å². The van der Waals surface area contributed by atoms with Crippen LogP contribution in [0.3, 0.4) is 0 Å². The molecule has 3 rings (SSSR count). The fraction of sp³-hybridized carbons (Fsp3) is 0.500. The Labute approximate surface area is 231 Å². The van der Waals surface area contributed by atoms with Crippen molar-refractivity contribution in [3.05, 3.63) is 58.6 Å². The summed E-state index contributed by atoms with van der Waals surface area (Å²) < 4.78 is 31.5. The van der Waals surface area contributed by atoms with Gasteiger partial charge in [-0.25, -0.2) is 8.42 Å². The van der Waals surface area contributed by atoms with Gasteiger partial charge >= 0.3 is 0 Å². The van der Waals surface area contributed by atoms with Crippen LogP contribution >= 0.6 is 11.6 Å². The van der Waals surface area contributed by atoms with Crippen LogP contribution in [0.25, 0.3) is 0 Å². The van der Waals surface area contributed by atoms with Crippen LogP contribution in [-0.4, -0.2) is 57.1 Å². The van der Waals surface area contributed by atoms with Crippen molar-refractivity contribution in [2.24, 2.45) is 0 Å². The third-order valence-corrected chi connectivity index (χ3v) is 8.41. The Morgan fingerprint density at radius 1 is 1.13 bits per heavy atom. The van der Waals surface area contributed by atoms with Gasteiger partial charge in [0, 0.05) is 25.6 Å². The molecule has 2 aromatic carbocycles. The second-order valence-corrected chi connectivity index (χ2v) is 12.2. The minimum Gasteiger partial charge on any atom is -0.495 e. The number of carbonyl (C=O) groups excluding carboxylic acids is 2. The number of nitrogens with one attached hydrogen (secondary N) is 1. The van der Waals surface area contributed by atoms with E-state index in [1.54, 1.807) is 24.0 Å². The van der Waals surface area contributed by atoms with Crippen LogP contribution in [0.4, 0.5) is 5.69 Å². The number of nitrogens with zero attached hydrogens (tertiary/aromatic N) is 2. The Hall–Kier alpha value is -2.78. The molecule has 10 heteroatoms. The maximum absolute atomic E-state index is 13.4. The van der Waals surface area contributed by atoms with Gasteiger partial charge in [0.25, 0.3) is 0 Å². The minimum atomic E-state index is -3.62. The molecule has 1 saturated carbocycles. The summed E-state index contributed by atoms with van der Waals surface area (Å²) in [6.07, 6.45) is 5.59. The van der Waals surface area contributed by atoms with Crippen LogP contribution in [0.2, 0.25) is 5.02 Å². The van der Waals surface area contributed by atoms with Crippen molar-refractivity contribution < 1.29 is 22.7 Å². The minimum absolute atomic E-state index is 0.0861. The highest BCUT2D eigenvalue weighted by molar-refractivity contribution is 7.92. The molecule has 1 N–H and O–H groups in total. The maximum Gasteiger partial charge on any atom is 0.242 e. The Morgan fingerprint density at radius 2 is 1.79 bits per heavy atom. The first-order chi connectivity index (χ1) is 18.0. The molecule has 1 fully saturated rings. The van der Waals surface area contributed by atoms with Crippen LogP contribution in [-0.2, 0) is 26.2 Å². The largest absolute Gasteiger partial charge is 0.495 e. The van der Waals surface area contributed by atoms with Gasteiger partial charge in [0.05, 0.1) is 24.1 Å². The van der Waals surface area contributed by atoms with Crippen LogP contribution in [0.1, 0.15) is 56.6 Å². The molecule has 38 heavy (non-hydrogen) atoms. The van der Waals surface area contributed by atoms with Gasteiger partial charge in [-0.3, -0.25) is 13.9 Å². The molecule has 208 valence electrons. The Kier molecular flexibility index (Phi) is 10.4. The van der Waals surface area contributed by atoms with E-state index in [1.807, 2.05) is 31.2 Å². The van der Waals surface area contributed by atoms with Gasteiger partial charge in [0.1, 0.15) is 11.8 Å². The number of carbonyl (C=O) groups is 2. The smallest absolute Gasteiger partial charge is 0.242 e. The molecule has 2 aromatic rings. The molecule has 0 heterocycles. The van der Waals surface area contributed by atoms with E-state index in [1.165, 1.54) is 17.5 Å². The molecule has 2 amide bonds. The first-order valence-corrected chi connectivity index (χ1v) is 15.2. The zero-order valence-corrected chi connectivity index (χ0v) is 24.1. The van der Waals surface area contributed by atoms with E-state index >= 15 is 0 Å². The summed E-state index contributed by atoms with van der Waals surface area (Å²) in [5.74, 6) is 0.0690. The molecule has 0 saturated heterocycles. The number of rotatable bonds is 12. The quantitative estimate of drug-likeness (QED) is 0.404. The number of hydrogen-bond acceptors (Lipinski definition) is 5. The van der Waals surface area contributed by atoms with Crippen LogP contribution < -0.4 is 14.4 Å². The Morgan fingerprint density at radius 3 is 2.37 bits per heavy atom. The SMILES string of the molecule is COc1ccc(N(CCCC(=O)N(Cc2ccc(C)cc2)[C@H](C)C(=O)NC2CCCC2)S(C)(=O)=O)cc1Cl. The number of halogens is 1. The molecule has 1 aliphatic carbocycles. The number of ether oxygens (including phenoxy) is 1. The number of benzene rings is 2. The van der Waals surface area contributed by atoms with E-state index in [0.717, 1.165) is 43.1 Å². The van der Waals surface area contributed by atoms with E-state index in [-0.39, 0.29) is 37.2 Å². The number of anilines is 1. The highest BCUT2D eigenvalue weighted by Crippen LogP contribution is 2.30. The fourth-order valence-electron chi connectivity index (χ4n) is 4.68. The number of aryl methyl sites for hydroxylation is 1. The molecule has 1 atom stereocenters. The van der Waals surface area contributed by atoms with E-state index in [9.17, 15) is 18.0 Å². The van der Waals surface area contributed by atoms with Crippen LogP contribution in [0, 0.1) is 6.92 Å². The maximum atomic E-state index is 13.4. The molecular weight excluding hydrogens is 526 g/mol. The zero-order valence-electron chi connectivity index (χ0n) is 22.6. The van der Waals surface area contributed by atoms with Gasteiger partial charge in [-0.2, -0.15) is 0 Å². The number of hydrogen-bond donors (Lipinski definition) is 1. The lowest BCUT2D eigenvalue weighted by Crippen LogP contribution is -2.49. The number of amides is 2. The fourth-order valence-corrected chi connectivity index (χ4v) is 5.89. The summed E-state index contributed by atoms with van der Waals surface area (Å²) >= 11 is 6.22. The second kappa shape index (κ2) is 13.3. The molecule has 8 nitrogen and oxygen atoms in total. The predicted octanol–water partition coefficient (Wildman–Crippen LogP) is 4.68. The zero-order chi connectivity index (χ0) is 27.9. The average molecular weight is 564 g/mol. The lowest BCUT2D eigenvalue weighted by molar-refractivity contribution is -0.141. The lowest BCUT2D eigenvalue weighted by atomic mass is 10.1. The second-order valence-electron chi connectivity index (χ2n) is 9.93. The van der Waals surface area contributed by atoms with Gasteiger partial charge in [-0.1, -0.05) is 54.3 Å². The van der Waals surface area contributed by atoms with Gasteiger partial charge in [0.2, 0.25) is 21.8 Å². The van der Waals surface area contributed by atoms with Crippen molar-refractivity contribution in [3.8, 4) is 5.75 Å². The van der Waals surface area contributed by atoms with Gasteiger partial charge in [0.15, 0.2) is 0 Å². The highest BCUT2D eigenvalue weighted by Gasteiger charge is 2.29. The van der Waals surface area contributed by atoms with Crippen molar-refractivity contribution in [2.75, 3.05) is 24.2 Å². The first-order valence-electron chi connectivity index (χ1n) is 13.0. The molecule has 0 aliphatic heterocycles. The Bertz CT molecular complexity index is 1210. The van der Waals surface area contributed by atoms with Crippen molar-refractivity contribution in [3.63, 3.8) is 0 Å². The first kappa shape index (κ1) is 29.8. The van der Waals surface area contributed by atoms with Crippen molar-refractivity contribution in [2.45, 2.75) is 71.0 Å². The summed E-state index contributed by atoms with van der Waals surface area (Å²) in [6.45, 7) is 4.13. The standard InChI is InChI=1S/C28H38ClN3O5S/c1-20-11-13-22(14-12-20)19-31(21(2)28(34)30-23-8-5-6-9-23)27(33)10-7-17-32(38(4,35)36)24-15-16-26(37-3)25(29)18-24/h11-16,18,21,23H,5-10,17,19H2,1-4H3,(H,30,34)/t21-/m1/s1. The predicted molar refractivity (Wildman–Crippen MR) is 151 cm³/mol. The average Bonchev–Trinajstić information content (AvgIpc) is 3.38. The topological polar surface area (TPSA) is 96.0 Å². The molecule has 1 aliphatic rings. The van der Waals surface area contributed by atoms with Crippen molar-refractivity contribution in [1.29, 1.82) is 0 Å². The van der Waals surface area contributed by atoms with E-state index in [2.05, 4.69) is 5.32 Å². The molecule has 0 bridgehead atoms. The molecule has 0 unspecified atom stereocenters. The summed E-state index contributed by atoms with van der Waals surface area (Å²) in [4.78, 5) is 28.1. The van der Waals surface area contributed by atoms with E-state index in [4.69, 9.17) is 16.3 Å². The molecular formula is C28H38ClN3O5S. The normalized spacial score (nSPS) is 14.7. The van der Waals surface area contributed by atoms with Crippen LogP contribution in [0.5, 0.6) is 5.75 Å². The molecule has 0 aromatic heterocycles. The summed E-state index contributed by atoms with van der Waals surface area (Å²) in [7, 11) is -2.14. The third kappa shape index (κ3) is 8.11. The van der Waals surface area contributed by atoms with Crippen molar-refractivity contribution in [1.82, 2.24) is 10.2 Å². The Balaban J connectivity index is 1.72. The van der Waals surface area contributed by atoms with E-state index < -0.39 is 16.1 Å². The van der Waals surface area contributed by atoms with Crippen LogP contribution in [0.15, 0.2) is 42.5 Å². The molecule has 0 spiro atoms. The van der Waals surface area contributed by atoms with E-state index in [0.29, 0.717) is 23.0 Å². The number of sulfonamides is 1. The highest BCUT2D eigenvalue weighted by atomic mass is 35.5. The monoisotopic (exact) mass is 563 g/mol. The van der Waals surface area contributed by atoms with Crippen molar-refractivity contribution >= 4 is 39.1 Å². The van der Waals surface area contributed by atoms with Gasteiger partial charge < -0.3 is 15.0 Å². The summed E-state index contributed by atoms with van der Waals surface area (Å²) in [5.41, 5.74) is 2.43. The molecule has 0 radical (unpaired) electrons. The summed E-state index contributed by atoms with van der Waals surface area (Å²) in [5, 5.41) is 3.39. The van der Waals surface area contributed by atoms with Gasteiger partial charge in [-0.15, -0.1) is 0 Å². The number of methoxy groups -OCH3 is 1. The third-order valence-electron chi connectivity index (χ3n) is 6.92. The lowest BCUT2D eigenvalue weighted by Gasteiger charge is -2.30.